The molecule has 8 nitrogen and oxygen atoms in total. The van der Waals surface area contributed by atoms with Crippen molar-refractivity contribution in [2.45, 2.75) is 13.5 Å². The van der Waals surface area contributed by atoms with Crippen molar-refractivity contribution in [3.63, 3.8) is 0 Å². The van der Waals surface area contributed by atoms with Crippen LogP contribution in [0.25, 0.3) is 11.1 Å². The number of ether oxygens (including phenoxy) is 2. The number of carbonyl (C=O) groups is 1. The Morgan fingerprint density at radius 3 is 2.62 bits per heavy atom. The summed E-state index contributed by atoms with van der Waals surface area (Å²) in [5.74, 6) is -0.983. The van der Waals surface area contributed by atoms with Crippen molar-refractivity contribution in [1.29, 1.82) is 0 Å². The fourth-order valence-corrected chi connectivity index (χ4v) is 1.85. The highest BCUT2D eigenvalue weighted by Crippen LogP contribution is 2.25. The number of nitrogens with two attached hydrogens (primary N) is 2. The highest BCUT2D eigenvalue weighted by atomic mass is 19.1. The van der Waals surface area contributed by atoms with Gasteiger partial charge in [0.1, 0.15) is 12.4 Å². The summed E-state index contributed by atoms with van der Waals surface area (Å²) in [4.78, 5) is 22.4. The molecule has 2 aromatic rings. The molecule has 4 N–H and O–H groups in total. The van der Waals surface area contributed by atoms with Gasteiger partial charge in [-0.25, -0.2) is 19.2 Å². The lowest BCUT2D eigenvalue weighted by atomic mass is 10.1. The molecule has 0 atom stereocenters. The van der Waals surface area contributed by atoms with E-state index < -0.39 is 17.9 Å². The van der Waals surface area contributed by atoms with Crippen LogP contribution in [0.3, 0.4) is 0 Å². The molecule has 0 fully saturated rings. The van der Waals surface area contributed by atoms with Gasteiger partial charge in [-0.2, -0.15) is 0 Å². The van der Waals surface area contributed by atoms with E-state index in [1.807, 2.05) is 6.92 Å². The Kier molecular flexibility index (Phi) is 5.61. The van der Waals surface area contributed by atoms with Gasteiger partial charge >= 0.3 is 12.1 Å². The Morgan fingerprint density at radius 1 is 1.29 bits per heavy atom. The first-order chi connectivity index (χ1) is 11.5. The molecule has 0 radical (unpaired) electrons. The van der Waals surface area contributed by atoms with E-state index in [1.54, 1.807) is 12.1 Å². The Balaban J connectivity index is 2.18. The molecule has 0 spiro atoms. The molecule has 0 aliphatic rings. The van der Waals surface area contributed by atoms with Crippen molar-refractivity contribution < 1.29 is 18.7 Å². The largest absolute Gasteiger partial charge is 0.464 e. The summed E-state index contributed by atoms with van der Waals surface area (Å²) < 4.78 is 24.5. The van der Waals surface area contributed by atoms with Gasteiger partial charge in [0.15, 0.2) is 5.96 Å². The third-order valence-corrected chi connectivity index (χ3v) is 2.86. The zero-order valence-electron chi connectivity index (χ0n) is 12.9. The zero-order valence-corrected chi connectivity index (χ0v) is 12.9. The molecular weight excluding hydrogens is 317 g/mol. The van der Waals surface area contributed by atoms with Gasteiger partial charge in [-0.05, 0) is 6.92 Å². The summed E-state index contributed by atoms with van der Waals surface area (Å²) >= 11 is 0. The maximum absolute atomic E-state index is 14.6. The van der Waals surface area contributed by atoms with E-state index in [4.69, 9.17) is 20.9 Å². The van der Waals surface area contributed by atoms with Crippen LogP contribution in [-0.2, 0) is 11.3 Å². The molecule has 1 heterocycles. The smallest absolute Gasteiger partial charge is 0.437 e. The number of hydrogen-bond acceptors (Lipinski definition) is 5. The predicted molar refractivity (Wildman–Crippen MR) is 84.6 cm³/mol. The number of amides is 1. The molecular formula is C15H16FN5O3. The number of nitrogens with zero attached hydrogens (tertiary/aromatic N) is 3. The van der Waals surface area contributed by atoms with Crippen molar-refractivity contribution in [3.8, 4) is 17.1 Å². The van der Waals surface area contributed by atoms with Gasteiger partial charge in [-0.3, -0.25) is 0 Å². The predicted octanol–water partition coefficient (Wildman–Crippen LogP) is 1.59. The van der Waals surface area contributed by atoms with E-state index in [9.17, 15) is 9.18 Å². The zero-order chi connectivity index (χ0) is 17.5. The summed E-state index contributed by atoms with van der Waals surface area (Å²) in [6.07, 6.45) is 1.90. The van der Waals surface area contributed by atoms with Crippen LogP contribution in [0.1, 0.15) is 12.5 Å². The van der Waals surface area contributed by atoms with Crippen LogP contribution in [0.5, 0.6) is 6.01 Å². The summed E-state index contributed by atoms with van der Waals surface area (Å²) in [5, 5.41) is 0. The second-order valence-electron chi connectivity index (χ2n) is 4.56. The lowest BCUT2D eigenvalue weighted by Gasteiger charge is -2.08. The van der Waals surface area contributed by atoms with E-state index in [0.29, 0.717) is 12.2 Å². The number of aliphatic imine (C=N–C) groups is 1. The fraction of sp³-hybridized carbons (Fsp3) is 0.200. The average Bonchev–Trinajstić information content (AvgIpc) is 2.54. The third kappa shape index (κ3) is 4.38. The van der Waals surface area contributed by atoms with Gasteiger partial charge in [0.25, 0.3) is 0 Å². The number of benzene rings is 1. The maximum atomic E-state index is 14.6. The van der Waals surface area contributed by atoms with Crippen LogP contribution in [0.2, 0.25) is 0 Å². The lowest BCUT2D eigenvalue weighted by Crippen LogP contribution is -2.24. The van der Waals surface area contributed by atoms with Crippen LogP contribution in [-0.4, -0.2) is 28.6 Å². The highest BCUT2D eigenvalue weighted by molar-refractivity contribution is 5.87. The summed E-state index contributed by atoms with van der Waals surface area (Å²) in [6, 6.07) is 4.88. The minimum Gasteiger partial charge on any atom is -0.464 e. The van der Waals surface area contributed by atoms with Crippen LogP contribution < -0.4 is 16.2 Å². The molecule has 1 aromatic carbocycles. The SMILES string of the molecule is CCOc1ncc(-c2cccc(COC(=O)N=C(N)N)c2F)cn1. The van der Waals surface area contributed by atoms with Gasteiger partial charge in [0.2, 0.25) is 0 Å². The second kappa shape index (κ2) is 7.86. The number of aromatic nitrogens is 2. The lowest BCUT2D eigenvalue weighted by molar-refractivity contribution is 0.149. The monoisotopic (exact) mass is 333 g/mol. The van der Waals surface area contributed by atoms with Crippen molar-refractivity contribution in [2.24, 2.45) is 16.5 Å². The fourth-order valence-electron chi connectivity index (χ4n) is 1.85. The minimum atomic E-state index is -0.996. The molecule has 1 amide bonds. The number of carbonyl (C=O) groups excluding carboxylic acids is 1. The quantitative estimate of drug-likeness (QED) is 0.628. The number of halogens is 1. The Labute approximate surface area is 137 Å². The number of rotatable bonds is 5. The van der Waals surface area contributed by atoms with E-state index in [0.717, 1.165) is 0 Å². The second-order valence-corrected chi connectivity index (χ2v) is 4.56. The van der Waals surface area contributed by atoms with Crippen molar-refractivity contribution in [2.75, 3.05) is 6.61 Å². The molecule has 0 saturated carbocycles. The minimum absolute atomic E-state index is 0.167. The molecule has 0 unspecified atom stereocenters. The van der Waals surface area contributed by atoms with Crippen LogP contribution in [0, 0.1) is 5.82 Å². The third-order valence-electron chi connectivity index (χ3n) is 2.86. The number of guanidine groups is 1. The molecule has 126 valence electrons. The summed E-state index contributed by atoms with van der Waals surface area (Å²) in [6.45, 7) is 1.93. The molecule has 9 heteroatoms. The van der Waals surface area contributed by atoms with Crippen molar-refractivity contribution >= 4 is 12.1 Å². The van der Waals surface area contributed by atoms with Crippen molar-refractivity contribution in [3.05, 3.63) is 42.0 Å². The normalized spacial score (nSPS) is 10.1. The Morgan fingerprint density at radius 2 is 2.00 bits per heavy atom. The van der Waals surface area contributed by atoms with E-state index >= 15 is 0 Å². The molecule has 0 saturated heterocycles. The Bertz CT molecular complexity index is 745. The molecule has 0 aliphatic carbocycles. The van der Waals surface area contributed by atoms with E-state index in [2.05, 4.69) is 15.0 Å². The molecule has 24 heavy (non-hydrogen) atoms. The molecule has 0 bridgehead atoms. The first-order valence-electron chi connectivity index (χ1n) is 7.00. The summed E-state index contributed by atoms with van der Waals surface area (Å²) in [7, 11) is 0. The first-order valence-corrected chi connectivity index (χ1v) is 7.00. The van der Waals surface area contributed by atoms with Crippen molar-refractivity contribution in [1.82, 2.24) is 9.97 Å². The highest BCUT2D eigenvalue weighted by Gasteiger charge is 2.12. The topological polar surface area (TPSA) is 126 Å². The summed E-state index contributed by atoms with van der Waals surface area (Å²) in [5.41, 5.74) is 11.0. The van der Waals surface area contributed by atoms with Crippen LogP contribution in [0.15, 0.2) is 35.6 Å². The van der Waals surface area contributed by atoms with Crippen LogP contribution >= 0.6 is 0 Å². The van der Waals surface area contributed by atoms with E-state index in [-0.39, 0.29) is 23.7 Å². The number of hydrogen-bond donors (Lipinski definition) is 2. The maximum Gasteiger partial charge on any atom is 0.437 e. The van der Waals surface area contributed by atoms with Gasteiger partial charge in [-0.15, -0.1) is 4.99 Å². The standard InChI is InChI=1S/C15H16FN5O3/c1-2-23-14-19-6-10(7-20-14)11-5-3-4-9(12(11)16)8-24-15(22)21-13(17)18/h3-7H,2,8H2,1H3,(H4,17,18,21,22). The van der Waals surface area contributed by atoms with Gasteiger partial charge < -0.3 is 20.9 Å². The van der Waals surface area contributed by atoms with Crippen LogP contribution in [0.4, 0.5) is 9.18 Å². The van der Waals surface area contributed by atoms with E-state index in [1.165, 1.54) is 18.5 Å². The average molecular weight is 333 g/mol. The van der Waals surface area contributed by atoms with Gasteiger partial charge in [0, 0.05) is 29.1 Å². The molecule has 1 aromatic heterocycles. The molecule has 2 rings (SSSR count). The van der Waals surface area contributed by atoms with Gasteiger partial charge in [-0.1, -0.05) is 18.2 Å². The first kappa shape index (κ1) is 17.1. The Hall–Kier alpha value is -3.23. The molecule has 0 aliphatic heterocycles. The van der Waals surface area contributed by atoms with Gasteiger partial charge in [0.05, 0.1) is 6.61 Å².